The average Bonchev–Trinajstić information content (AvgIpc) is 1.93. The Morgan fingerprint density at radius 2 is 2.00 bits per heavy atom. The summed E-state index contributed by atoms with van der Waals surface area (Å²) in [6.45, 7) is 6.52. The van der Waals surface area contributed by atoms with Crippen molar-refractivity contribution in [2.45, 2.75) is 20.3 Å². The van der Waals surface area contributed by atoms with Gasteiger partial charge in [-0.15, -0.1) is 0 Å². The van der Waals surface area contributed by atoms with E-state index < -0.39 is 0 Å². The number of nitrogens with zero attached hydrogens (tertiary/aromatic N) is 2. The van der Waals surface area contributed by atoms with Crippen LogP contribution < -0.4 is 4.90 Å². The van der Waals surface area contributed by atoms with E-state index in [1.54, 1.807) is 0 Å². The lowest BCUT2D eigenvalue weighted by Crippen LogP contribution is -2.37. The fourth-order valence-corrected chi connectivity index (χ4v) is 1.34. The molecule has 1 aromatic rings. The highest BCUT2D eigenvalue weighted by Crippen LogP contribution is 2.19. The number of rotatable bonds is 1. The van der Waals surface area contributed by atoms with Crippen LogP contribution in [0.15, 0.2) is 12.1 Å². The summed E-state index contributed by atoms with van der Waals surface area (Å²) in [6.07, 6.45) is 1.31. The molecule has 0 atom stereocenters. The van der Waals surface area contributed by atoms with E-state index in [-0.39, 0.29) is 0 Å². The van der Waals surface area contributed by atoms with Crippen LogP contribution in [0, 0.1) is 13.8 Å². The highest BCUT2D eigenvalue weighted by atomic mass is 15.2. The zero-order chi connectivity index (χ0) is 8.55. The Bertz CT molecular complexity index is 290. The van der Waals surface area contributed by atoms with Crippen molar-refractivity contribution in [1.29, 1.82) is 0 Å². The summed E-state index contributed by atoms with van der Waals surface area (Å²) in [6, 6.07) is 4.26. The molecule has 1 saturated heterocycles. The molecular formula is C10H14N2. The van der Waals surface area contributed by atoms with Crippen molar-refractivity contribution in [3.8, 4) is 0 Å². The van der Waals surface area contributed by atoms with E-state index in [9.17, 15) is 0 Å². The van der Waals surface area contributed by atoms with Crippen molar-refractivity contribution in [3.05, 3.63) is 23.4 Å². The van der Waals surface area contributed by atoms with Crippen LogP contribution in [0.4, 0.5) is 5.82 Å². The maximum atomic E-state index is 4.52. The molecule has 0 N–H and O–H groups in total. The van der Waals surface area contributed by atoms with Gasteiger partial charge >= 0.3 is 0 Å². The van der Waals surface area contributed by atoms with Crippen molar-refractivity contribution in [2.24, 2.45) is 0 Å². The molecule has 2 rings (SSSR count). The van der Waals surface area contributed by atoms with Crippen molar-refractivity contribution in [1.82, 2.24) is 4.98 Å². The van der Waals surface area contributed by atoms with Crippen LogP contribution in [-0.4, -0.2) is 18.1 Å². The van der Waals surface area contributed by atoms with Gasteiger partial charge in [0, 0.05) is 18.8 Å². The number of aromatic nitrogens is 1. The quantitative estimate of drug-likeness (QED) is 0.627. The normalized spacial score (nSPS) is 16.0. The SMILES string of the molecule is Cc1ccc(N2CCC2)nc1C. The molecule has 1 fully saturated rings. The van der Waals surface area contributed by atoms with Gasteiger partial charge in [-0.2, -0.15) is 0 Å². The predicted molar refractivity (Wildman–Crippen MR) is 50.5 cm³/mol. The van der Waals surface area contributed by atoms with Gasteiger partial charge in [-0.05, 0) is 31.9 Å². The highest BCUT2D eigenvalue weighted by Gasteiger charge is 2.15. The molecule has 0 aliphatic carbocycles. The minimum atomic E-state index is 1.14. The molecule has 2 heteroatoms. The first kappa shape index (κ1) is 7.59. The van der Waals surface area contributed by atoms with E-state index in [1.165, 1.54) is 25.1 Å². The molecule has 2 nitrogen and oxygen atoms in total. The van der Waals surface area contributed by atoms with E-state index in [1.807, 2.05) is 0 Å². The molecule has 2 heterocycles. The summed E-state index contributed by atoms with van der Waals surface area (Å²) in [7, 11) is 0. The lowest BCUT2D eigenvalue weighted by Gasteiger charge is -2.32. The summed E-state index contributed by atoms with van der Waals surface area (Å²) >= 11 is 0. The fourth-order valence-electron chi connectivity index (χ4n) is 1.34. The van der Waals surface area contributed by atoms with Crippen molar-refractivity contribution < 1.29 is 0 Å². The minimum Gasteiger partial charge on any atom is -0.356 e. The molecule has 0 saturated carbocycles. The zero-order valence-corrected chi connectivity index (χ0v) is 7.67. The summed E-state index contributed by atoms with van der Waals surface area (Å²) < 4.78 is 0. The number of anilines is 1. The van der Waals surface area contributed by atoms with Crippen LogP contribution in [0.3, 0.4) is 0 Å². The Morgan fingerprint density at radius 3 is 2.50 bits per heavy atom. The minimum absolute atomic E-state index is 1.14. The standard InChI is InChI=1S/C10H14N2/c1-8-4-5-10(11-9(8)2)12-6-3-7-12/h4-5H,3,6-7H2,1-2H3. The van der Waals surface area contributed by atoms with Crippen LogP contribution in [0.25, 0.3) is 0 Å². The molecule has 0 amide bonds. The maximum Gasteiger partial charge on any atom is 0.128 e. The van der Waals surface area contributed by atoms with Crippen LogP contribution in [-0.2, 0) is 0 Å². The highest BCUT2D eigenvalue weighted by molar-refractivity contribution is 5.43. The van der Waals surface area contributed by atoms with Gasteiger partial charge in [0.05, 0.1) is 0 Å². The van der Waals surface area contributed by atoms with Crippen molar-refractivity contribution in [3.63, 3.8) is 0 Å². The molecule has 64 valence electrons. The van der Waals surface area contributed by atoms with Crippen LogP contribution in [0.1, 0.15) is 17.7 Å². The monoisotopic (exact) mass is 162 g/mol. The Hall–Kier alpha value is -1.05. The topological polar surface area (TPSA) is 16.1 Å². The van der Waals surface area contributed by atoms with E-state index in [0.29, 0.717) is 0 Å². The summed E-state index contributed by atoms with van der Waals surface area (Å²) in [4.78, 5) is 6.83. The summed E-state index contributed by atoms with van der Waals surface area (Å²) in [5, 5.41) is 0. The number of pyridine rings is 1. The van der Waals surface area contributed by atoms with Gasteiger partial charge < -0.3 is 4.90 Å². The van der Waals surface area contributed by atoms with Gasteiger partial charge in [-0.3, -0.25) is 0 Å². The fraction of sp³-hybridized carbons (Fsp3) is 0.500. The molecule has 0 aromatic carbocycles. The molecule has 0 bridgehead atoms. The number of hydrogen-bond donors (Lipinski definition) is 0. The first-order chi connectivity index (χ1) is 5.77. The second-order valence-corrected chi connectivity index (χ2v) is 3.41. The van der Waals surface area contributed by atoms with E-state index in [4.69, 9.17) is 0 Å². The molecule has 0 unspecified atom stereocenters. The third kappa shape index (κ3) is 1.17. The first-order valence-electron chi connectivity index (χ1n) is 4.46. The smallest absolute Gasteiger partial charge is 0.128 e. The van der Waals surface area contributed by atoms with Crippen LogP contribution in [0.2, 0.25) is 0 Å². The molecular weight excluding hydrogens is 148 g/mol. The van der Waals surface area contributed by atoms with Crippen LogP contribution >= 0.6 is 0 Å². The second-order valence-electron chi connectivity index (χ2n) is 3.41. The third-order valence-corrected chi connectivity index (χ3v) is 2.52. The van der Waals surface area contributed by atoms with Gasteiger partial charge in [-0.1, -0.05) is 6.07 Å². The van der Waals surface area contributed by atoms with Gasteiger partial charge in [0.2, 0.25) is 0 Å². The predicted octanol–water partition coefficient (Wildman–Crippen LogP) is 1.91. The second kappa shape index (κ2) is 2.77. The Kier molecular flexibility index (Phi) is 1.75. The zero-order valence-electron chi connectivity index (χ0n) is 7.67. The van der Waals surface area contributed by atoms with E-state index in [0.717, 1.165) is 11.5 Å². The lowest BCUT2D eigenvalue weighted by atomic mass is 10.2. The van der Waals surface area contributed by atoms with E-state index >= 15 is 0 Å². The Balaban J connectivity index is 2.27. The molecule has 12 heavy (non-hydrogen) atoms. The maximum absolute atomic E-state index is 4.52. The molecule has 1 aliphatic rings. The molecule has 1 aliphatic heterocycles. The summed E-state index contributed by atoms with van der Waals surface area (Å²) in [5.41, 5.74) is 2.43. The molecule has 0 radical (unpaired) electrons. The van der Waals surface area contributed by atoms with Crippen molar-refractivity contribution in [2.75, 3.05) is 18.0 Å². The number of hydrogen-bond acceptors (Lipinski definition) is 2. The largest absolute Gasteiger partial charge is 0.356 e. The third-order valence-electron chi connectivity index (χ3n) is 2.52. The van der Waals surface area contributed by atoms with E-state index in [2.05, 4.69) is 35.9 Å². The Labute approximate surface area is 73.2 Å². The number of aryl methyl sites for hydroxylation is 2. The van der Waals surface area contributed by atoms with Gasteiger partial charge in [-0.25, -0.2) is 4.98 Å². The lowest BCUT2D eigenvalue weighted by molar-refractivity contribution is 0.609. The van der Waals surface area contributed by atoms with Crippen molar-refractivity contribution >= 4 is 5.82 Å². The van der Waals surface area contributed by atoms with Gasteiger partial charge in [0.1, 0.15) is 5.82 Å². The summed E-state index contributed by atoms with van der Waals surface area (Å²) in [5.74, 6) is 1.14. The van der Waals surface area contributed by atoms with Gasteiger partial charge in [0.15, 0.2) is 0 Å². The molecule has 1 aromatic heterocycles. The molecule has 0 spiro atoms. The van der Waals surface area contributed by atoms with Gasteiger partial charge in [0.25, 0.3) is 0 Å². The average molecular weight is 162 g/mol. The van der Waals surface area contributed by atoms with Crippen LogP contribution in [0.5, 0.6) is 0 Å². The Morgan fingerprint density at radius 1 is 1.25 bits per heavy atom. The first-order valence-corrected chi connectivity index (χ1v) is 4.46.